The Morgan fingerprint density at radius 3 is 2.64 bits per heavy atom. The molecule has 2 fully saturated rings. The van der Waals surface area contributed by atoms with Gasteiger partial charge in [-0.2, -0.15) is 0 Å². The number of para-hydroxylation sites is 1. The number of hydrogen-bond donors (Lipinski definition) is 1. The zero-order valence-electron chi connectivity index (χ0n) is 14.2. The lowest BCUT2D eigenvalue weighted by atomic mass is 10.1. The monoisotopic (exact) mass is 343 g/mol. The molecule has 1 N–H and O–H groups in total. The molecule has 0 bridgehead atoms. The molecule has 0 aromatic heterocycles. The first-order valence-electron chi connectivity index (χ1n) is 8.35. The van der Waals surface area contributed by atoms with Gasteiger partial charge in [-0.25, -0.2) is 9.69 Å². The second-order valence-electron chi connectivity index (χ2n) is 6.06. The van der Waals surface area contributed by atoms with Crippen molar-refractivity contribution in [2.75, 3.05) is 26.7 Å². The molecule has 2 heterocycles. The molecule has 25 heavy (non-hydrogen) atoms. The first-order chi connectivity index (χ1) is 12.1. The van der Waals surface area contributed by atoms with Gasteiger partial charge in [-0.15, -0.1) is 0 Å². The zero-order valence-corrected chi connectivity index (χ0v) is 14.2. The van der Waals surface area contributed by atoms with Crippen molar-refractivity contribution in [3.05, 3.63) is 35.5 Å². The van der Waals surface area contributed by atoms with Gasteiger partial charge in [0.05, 0.1) is 7.11 Å². The van der Waals surface area contributed by atoms with Gasteiger partial charge in [-0.3, -0.25) is 9.59 Å². The molecule has 7 nitrogen and oxygen atoms in total. The van der Waals surface area contributed by atoms with Crippen molar-refractivity contribution in [3.63, 3.8) is 0 Å². The molecule has 0 saturated carbocycles. The van der Waals surface area contributed by atoms with E-state index < -0.39 is 11.9 Å². The summed E-state index contributed by atoms with van der Waals surface area (Å²) in [7, 11) is 1.54. The number of likely N-dealkylation sites (tertiary alicyclic amines) is 1. The molecule has 2 saturated heterocycles. The topological polar surface area (TPSA) is 79.0 Å². The highest BCUT2D eigenvalue weighted by Gasteiger charge is 2.36. The summed E-state index contributed by atoms with van der Waals surface area (Å²) in [5.74, 6) is -0.0945. The minimum Gasteiger partial charge on any atom is -0.496 e. The van der Waals surface area contributed by atoms with Gasteiger partial charge in [-0.1, -0.05) is 18.2 Å². The SMILES string of the molecule is COc1ccccc1/C=C1\NC(=O)N(CC(=O)N2CCCCC2)C1=O. The van der Waals surface area contributed by atoms with Crippen molar-refractivity contribution >= 4 is 23.9 Å². The Labute approximate surface area is 146 Å². The maximum atomic E-state index is 12.5. The number of piperidine rings is 1. The fraction of sp³-hybridized carbons (Fsp3) is 0.389. The third-order valence-electron chi connectivity index (χ3n) is 4.40. The summed E-state index contributed by atoms with van der Waals surface area (Å²) in [4.78, 5) is 39.6. The fourth-order valence-corrected chi connectivity index (χ4v) is 3.03. The number of hydrogen-bond acceptors (Lipinski definition) is 4. The van der Waals surface area contributed by atoms with Gasteiger partial charge >= 0.3 is 6.03 Å². The number of benzene rings is 1. The van der Waals surface area contributed by atoms with E-state index >= 15 is 0 Å². The number of amides is 4. The largest absolute Gasteiger partial charge is 0.496 e. The summed E-state index contributed by atoms with van der Waals surface area (Å²) >= 11 is 0. The van der Waals surface area contributed by atoms with E-state index in [4.69, 9.17) is 4.74 Å². The van der Waals surface area contributed by atoms with Crippen molar-refractivity contribution in [1.29, 1.82) is 0 Å². The van der Waals surface area contributed by atoms with Gasteiger partial charge in [0.1, 0.15) is 18.0 Å². The zero-order chi connectivity index (χ0) is 17.8. The van der Waals surface area contributed by atoms with Crippen LogP contribution in [0.25, 0.3) is 6.08 Å². The molecule has 0 radical (unpaired) electrons. The number of urea groups is 1. The van der Waals surface area contributed by atoms with E-state index in [1.165, 1.54) is 7.11 Å². The van der Waals surface area contributed by atoms with Crippen molar-refractivity contribution in [2.45, 2.75) is 19.3 Å². The maximum Gasteiger partial charge on any atom is 0.329 e. The van der Waals surface area contributed by atoms with Gasteiger partial charge in [0.15, 0.2) is 0 Å². The van der Waals surface area contributed by atoms with Crippen LogP contribution in [0, 0.1) is 0 Å². The third-order valence-corrected chi connectivity index (χ3v) is 4.40. The molecule has 0 spiro atoms. The van der Waals surface area contributed by atoms with Crippen LogP contribution in [0.1, 0.15) is 24.8 Å². The van der Waals surface area contributed by atoms with Crippen LogP contribution in [0.4, 0.5) is 4.79 Å². The number of methoxy groups -OCH3 is 1. The number of nitrogens with zero attached hydrogens (tertiary/aromatic N) is 2. The Morgan fingerprint density at radius 1 is 1.20 bits per heavy atom. The average molecular weight is 343 g/mol. The molecular weight excluding hydrogens is 322 g/mol. The van der Waals surface area contributed by atoms with Crippen LogP contribution >= 0.6 is 0 Å². The predicted molar refractivity (Wildman–Crippen MR) is 91.6 cm³/mol. The van der Waals surface area contributed by atoms with Crippen molar-refractivity contribution in [1.82, 2.24) is 15.1 Å². The van der Waals surface area contributed by atoms with Crippen LogP contribution in [0.15, 0.2) is 30.0 Å². The normalized spacial score (nSPS) is 19.3. The van der Waals surface area contributed by atoms with E-state index in [9.17, 15) is 14.4 Å². The van der Waals surface area contributed by atoms with Crippen LogP contribution in [-0.4, -0.2) is 54.4 Å². The molecule has 0 atom stereocenters. The molecule has 2 aliphatic heterocycles. The minimum atomic E-state index is -0.573. The van der Waals surface area contributed by atoms with E-state index in [1.807, 2.05) is 12.1 Å². The van der Waals surface area contributed by atoms with E-state index in [-0.39, 0.29) is 18.1 Å². The van der Waals surface area contributed by atoms with Crippen molar-refractivity contribution in [2.24, 2.45) is 0 Å². The molecular formula is C18H21N3O4. The highest BCUT2D eigenvalue weighted by Crippen LogP contribution is 2.22. The lowest BCUT2D eigenvalue weighted by Gasteiger charge is -2.27. The van der Waals surface area contributed by atoms with Gasteiger partial charge in [0.2, 0.25) is 5.91 Å². The molecule has 1 aromatic carbocycles. The number of carbonyl (C=O) groups excluding carboxylic acids is 3. The summed E-state index contributed by atoms with van der Waals surface area (Å²) in [6.07, 6.45) is 4.60. The Balaban J connectivity index is 1.73. The third kappa shape index (κ3) is 3.65. The molecule has 0 aliphatic carbocycles. The lowest BCUT2D eigenvalue weighted by molar-refractivity contribution is -0.136. The van der Waals surface area contributed by atoms with Crippen LogP contribution in [-0.2, 0) is 9.59 Å². The Kier molecular flexibility index (Phi) is 5.02. The molecule has 2 aliphatic rings. The fourth-order valence-electron chi connectivity index (χ4n) is 3.03. The van der Waals surface area contributed by atoms with Gasteiger partial charge in [0.25, 0.3) is 5.91 Å². The summed E-state index contributed by atoms with van der Waals surface area (Å²) in [5.41, 5.74) is 0.818. The summed E-state index contributed by atoms with van der Waals surface area (Å²) in [6.45, 7) is 1.15. The molecule has 1 aromatic rings. The van der Waals surface area contributed by atoms with Gasteiger partial charge in [-0.05, 0) is 31.4 Å². The number of imide groups is 1. The number of nitrogens with one attached hydrogen (secondary N) is 1. The number of ether oxygens (including phenoxy) is 1. The average Bonchev–Trinajstić information content (AvgIpc) is 2.90. The Hall–Kier alpha value is -2.83. The first kappa shape index (κ1) is 17.0. The maximum absolute atomic E-state index is 12.5. The summed E-state index contributed by atoms with van der Waals surface area (Å²) in [5, 5.41) is 2.53. The Morgan fingerprint density at radius 2 is 1.92 bits per heavy atom. The van der Waals surface area contributed by atoms with Gasteiger partial charge < -0.3 is 15.0 Å². The molecule has 132 valence electrons. The van der Waals surface area contributed by atoms with Crippen LogP contribution in [0.2, 0.25) is 0 Å². The highest BCUT2D eigenvalue weighted by molar-refractivity contribution is 6.15. The predicted octanol–water partition coefficient (Wildman–Crippen LogP) is 1.60. The quantitative estimate of drug-likeness (QED) is 0.665. The van der Waals surface area contributed by atoms with E-state index in [0.717, 1.165) is 24.2 Å². The summed E-state index contributed by atoms with van der Waals surface area (Å²) in [6, 6.07) is 6.61. The van der Waals surface area contributed by atoms with Crippen LogP contribution in [0.5, 0.6) is 5.75 Å². The standard InChI is InChI=1S/C18H21N3O4/c1-25-15-8-4-3-7-13(15)11-14-17(23)21(18(24)19-14)12-16(22)20-9-5-2-6-10-20/h3-4,7-8,11H,2,5-6,9-10,12H2,1H3,(H,19,24)/b14-11-. The van der Waals surface area contributed by atoms with E-state index in [1.54, 1.807) is 23.1 Å². The van der Waals surface area contributed by atoms with E-state index in [0.29, 0.717) is 24.4 Å². The number of carbonyl (C=O) groups is 3. The Bertz CT molecular complexity index is 723. The highest BCUT2D eigenvalue weighted by atomic mass is 16.5. The van der Waals surface area contributed by atoms with Crippen molar-refractivity contribution in [3.8, 4) is 5.75 Å². The minimum absolute atomic E-state index is 0.140. The first-order valence-corrected chi connectivity index (χ1v) is 8.35. The van der Waals surface area contributed by atoms with Crippen molar-refractivity contribution < 1.29 is 19.1 Å². The number of rotatable bonds is 4. The van der Waals surface area contributed by atoms with Crippen LogP contribution < -0.4 is 10.1 Å². The smallest absolute Gasteiger partial charge is 0.329 e. The second kappa shape index (κ2) is 7.38. The van der Waals surface area contributed by atoms with Crippen LogP contribution in [0.3, 0.4) is 0 Å². The van der Waals surface area contributed by atoms with E-state index in [2.05, 4.69) is 5.32 Å². The molecule has 7 heteroatoms. The molecule has 3 rings (SSSR count). The molecule has 0 unspecified atom stereocenters. The van der Waals surface area contributed by atoms with Gasteiger partial charge in [0, 0.05) is 18.7 Å². The molecule has 4 amide bonds. The summed E-state index contributed by atoms with van der Waals surface area (Å²) < 4.78 is 5.25. The lowest BCUT2D eigenvalue weighted by Crippen LogP contribution is -2.44. The second-order valence-corrected chi connectivity index (χ2v) is 6.06.